The molecule has 6 nitrogen and oxygen atoms in total. The zero-order valence-corrected chi connectivity index (χ0v) is 8.32. The maximum Gasteiger partial charge on any atom is 0.412 e. The van der Waals surface area contributed by atoms with Gasteiger partial charge in [0.2, 0.25) is 0 Å². The van der Waals surface area contributed by atoms with E-state index in [-0.39, 0.29) is 4.90 Å². The molecule has 0 aliphatic carbocycles. The molecule has 78 valence electrons. The predicted molar refractivity (Wildman–Crippen MR) is 46.3 cm³/mol. The highest BCUT2D eigenvalue weighted by Gasteiger charge is 2.22. The van der Waals surface area contributed by atoms with Crippen molar-refractivity contribution >= 4 is 20.5 Å². The summed E-state index contributed by atoms with van der Waals surface area (Å²) in [5, 5.41) is 0. The Morgan fingerprint density at radius 3 is 1.93 bits per heavy atom. The maximum atomic E-state index is 11.1. The summed E-state index contributed by atoms with van der Waals surface area (Å²) in [5.41, 5.74) is 0. The molecule has 0 atom stereocenters. The quantitative estimate of drug-likeness (QED) is 0.755. The Labute approximate surface area is 81.2 Å². The van der Waals surface area contributed by atoms with Gasteiger partial charge in [0.05, 0.1) is 4.90 Å². The smallest absolute Gasteiger partial charge is 0.263 e. The fourth-order valence-electron chi connectivity index (χ4n) is 0.740. The second-order valence-electron chi connectivity index (χ2n) is 2.26. The predicted octanol–water partition coefficient (Wildman–Crippen LogP) is 0.195. The molecule has 0 aliphatic rings. The van der Waals surface area contributed by atoms with Crippen molar-refractivity contribution in [2.45, 2.75) is 4.90 Å². The van der Waals surface area contributed by atoms with Crippen LogP contribution in [0.25, 0.3) is 0 Å². The summed E-state index contributed by atoms with van der Waals surface area (Å²) in [5.74, 6) is 0. The van der Waals surface area contributed by atoms with Gasteiger partial charge in [0.15, 0.2) is 0 Å². The summed E-state index contributed by atoms with van der Waals surface area (Å²) < 4.78 is 54.2. The monoisotopic (exact) mass is 238 g/mol. The van der Waals surface area contributed by atoms with Crippen molar-refractivity contribution in [1.29, 1.82) is 0 Å². The zero-order chi connectivity index (χ0) is 10.8. The summed E-state index contributed by atoms with van der Waals surface area (Å²) in [6, 6.07) is 6.61. The first kappa shape index (κ1) is 11.1. The Balaban J connectivity index is 3.12. The highest BCUT2D eigenvalue weighted by Crippen LogP contribution is 2.12. The summed E-state index contributed by atoms with van der Waals surface area (Å²) in [7, 11) is -9.47. The van der Waals surface area contributed by atoms with E-state index in [0.717, 1.165) is 12.1 Å². The van der Waals surface area contributed by atoms with Crippen LogP contribution in [0.3, 0.4) is 0 Å². The summed E-state index contributed by atoms with van der Waals surface area (Å²) in [6.07, 6.45) is 0. The van der Waals surface area contributed by atoms with Gasteiger partial charge >= 0.3 is 20.5 Å². The van der Waals surface area contributed by atoms with Crippen LogP contribution in [0, 0.1) is 0 Å². The van der Waals surface area contributed by atoms with Gasteiger partial charge in [-0.1, -0.05) is 18.2 Å². The second kappa shape index (κ2) is 3.65. The van der Waals surface area contributed by atoms with Gasteiger partial charge in [-0.05, 0) is 12.1 Å². The van der Waals surface area contributed by atoms with Gasteiger partial charge in [-0.2, -0.15) is 16.8 Å². The largest absolute Gasteiger partial charge is 0.412 e. The molecular weight excluding hydrogens is 232 g/mol. The SMILES string of the molecule is O=S(=O)(O)OS(=O)(=O)c1ccccc1. The van der Waals surface area contributed by atoms with Gasteiger partial charge in [-0.15, -0.1) is 3.63 Å². The molecule has 0 unspecified atom stereocenters. The molecule has 0 amide bonds. The van der Waals surface area contributed by atoms with E-state index in [9.17, 15) is 16.8 Å². The summed E-state index contributed by atoms with van der Waals surface area (Å²) in [4.78, 5) is -0.349. The zero-order valence-electron chi connectivity index (χ0n) is 6.69. The molecular formula is C6H6O6S2. The van der Waals surface area contributed by atoms with Crippen LogP contribution in [0.5, 0.6) is 0 Å². The lowest BCUT2D eigenvalue weighted by molar-refractivity contribution is 0.383. The third kappa shape index (κ3) is 3.07. The fraction of sp³-hybridized carbons (Fsp3) is 0. The standard InChI is InChI=1S/C6H6O6S2/c7-13(8,12-14(9,10)11)6-4-2-1-3-5-6/h1-5H,(H,9,10,11). The van der Waals surface area contributed by atoms with Crippen LogP contribution in [0.4, 0.5) is 0 Å². The van der Waals surface area contributed by atoms with Crippen LogP contribution in [0.1, 0.15) is 0 Å². The molecule has 0 spiro atoms. The molecule has 0 heterocycles. The van der Waals surface area contributed by atoms with Crippen LogP contribution >= 0.6 is 0 Å². The van der Waals surface area contributed by atoms with E-state index < -0.39 is 20.5 Å². The van der Waals surface area contributed by atoms with Gasteiger partial charge in [-0.3, -0.25) is 4.55 Å². The first-order valence-corrected chi connectivity index (χ1v) is 6.07. The summed E-state index contributed by atoms with van der Waals surface area (Å²) in [6.45, 7) is 0. The Morgan fingerprint density at radius 1 is 1.00 bits per heavy atom. The normalized spacial score (nSPS) is 12.6. The van der Waals surface area contributed by atoms with Gasteiger partial charge < -0.3 is 0 Å². The number of benzene rings is 1. The van der Waals surface area contributed by atoms with E-state index in [1.807, 2.05) is 0 Å². The average Bonchev–Trinajstić information content (AvgIpc) is 2.01. The highest BCUT2D eigenvalue weighted by atomic mass is 32.3. The van der Waals surface area contributed by atoms with Crippen molar-refractivity contribution in [3.63, 3.8) is 0 Å². The Morgan fingerprint density at radius 2 is 1.50 bits per heavy atom. The van der Waals surface area contributed by atoms with E-state index in [0.29, 0.717) is 0 Å². The van der Waals surface area contributed by atoms with E-state index in [1.54, 1.807) is 6.07 Å². The molecule has 1 rings (SSSR count). The lowest BCUT2D eigenvalue weighted by Crippen LogP contribution is -2.12. The molecule has 8 heteroatoms. The molecule has 0 fully saturated rings. The van der Waals surface area contributed by atoms with E-state index in [2.05, 4.69) is 3.63 Å². The molecule has 0 saturated carbocycles. The van der Waals surface area contributed by atoms with Crippen LogP contribution in [0.15, 0.2) is 35.2 Å². The van der Waals surface area contributed by atoms with E-state index in [1.165, 1.54) is 12.1 Å². The maximum absolute atomic E-state index is 11.1. The molecule has 1 N–H and O–H groups in total. The first-order chi connectivity index (χ1) is 6.31. The van der Waals surface area contributed by atoms with Crippen molar-refractivity contribution < 1.29 is 25.0 Å². The molecule has 1 aromatic carbocycles. The van der Waals surface area contributed by atoms with Crippen molar-refractivity contribution in [3.05, 3.63) is 30.3 Å². The van der Waals surface area contributed by atoms with E-state index >= 15 is 0 Å². The molecule has 0 aliphatic heterocycles. The van der Waals surface area contributed by atoms with Crippen molar-refractivity contribution in [2.75, 3.05) is 0 Å². The van der Waals surface area contributed by atoms with Crippen LogP contribution in [-0.2, 0) is 24.1 Å². The molecule has 0 saturated heterocycles. The van der Waals surface area contributed by atoms with E-state index in [4.69, 9.17) is 4.55 Å². The van der Waals surface area contributed by atoms with Crippen molar-refractivity contribution in [2.24, 2.45) is 0 Å². The average molecular weight is 238 g/mol. The first-order valence-electron chi connectivity index (χ1n) is 3.30. The Kier molecular flexibility index (Phi) is 2.90. The molecule has 0 radical (unpaired) electrons. The van der Waals surface area contributed by atoms with Crippen LogP contribution < -0.4 is 0 Å². The molecule has 0 bridgehead atoms. The lowest BCUT2D eigenvalue weighted by atomic mass is 10.4. The van der Waals surface area contributed by atoms with Crippen LogP contribution in [-0.4, -0.2) is 21.4 Å². The lowest BCUT2D eigenvalue weighted by Gasteiger charge is -2.00. The fourth-order valence-corrected chi connectivity index (χ4v) is 2.45. The number of rotatable bonds is 3. The number of hydrogen-bond donors (Lipinski definition) is 1. The van der Waals surface area contributed by atoms with Gasteiger partial charge in [-0.25, -0.2) is 0 Å². The minimum absolute atomic E-state index is 0.349. The third-order valence-electron chi connectivity index (χ3n) is 1.21. The highest BCUT2D eigenvalue weighted by molar-refractivity contribution is 7.97. The minimum Gasteiger partial charge on any atom is -0.263 e. The van der Waals surface area contributed by atoms with Gasteiger partial charge in [0.1, 0.15) is 0 Å². The van der Waals surface area contributed by atoms with Crippen molar-refractivity contribution in [3.8, 4) is 0 Å². The van der Waals surface area contributed by atoms with Gasteiger partial charge in [0.25, 0.3) is 0 Å². The Hall–Kier alpha value is -0.960. The van der Waals surface area contributed by atoms with Crippen LogP contribution in [0.2, 0.25) is 0 Å². The van der Waals surface area contributed by atoms with Gasteiger partial charge in [0, 0.05) is 0 Å². The third-order valence-corrected chi connectivity index (χ3v) is 3.46. The Bertz CT molecular complexity index is 501. The summed E-state index contributed by atoms with van der Waals surface area (Å²) >= 11 is 0. The second-order valence-corrected chi connectivity index (χ2v) is 5.04. The topological polar surface area (TPSA) is 97.7 Å². The molecule has 1 aromatic rings. The molecule has 0 aromatic heterocycles. The van der Waals surface area contributed by atoms with Crippen molar-refractivity contribution in [1.82, 2.24) is 0 Å². The molecule has 14 heavy (non-hydrogen) atoms. The number of hydrogen-bond acceptors (Lipinski definition) is 5. The minimum atomic E-state index is -5.02.